The minimum atomic E-state index is -3.37. The predicted octanol–water partition coefficient (Wildman–Crippen LogP) is 0.462. The molecule has 3 aliphatic heterocycles. The zero-order valence-electron chi connectivity index (χ0n) is 12.8. The zero-order chi connectivity index (χ0) is 14.9. The average Bonchev–Trinajstić information content (AvgIpc) is 3.07. The standard InChI is InChI=1S/C14H27N3O3S/c1-2-15-9-11-4-3-7-17(10-11)21(18,19)16-13-8-12-5-6-14(13)20-12/h11-16H,2-10H2,1H3. The molecule has 6 nitrogen and oxygen atoms in total. The number of hydrogen-bond donors (Lipinski definition) is 2. The maximum atomic E-state index is 12.6. The van der Waals surface area contributed by atoms with E-state index in [-0.39, 0.29) is 18.2 Å². The van der Waals surface area contributed by atoms with Crippen LogP contribution in [0.4, 0.5) is 0 Å². The molecule has 3 saturated heterocycles. The topological polar surface area (TPSA) is 70.7 Å². The van der Waals surface area contributed by atoms with E-state index < -0.39 is 10.2 Å². The Balaban J connectivity index is 1.56. The molecule has 3 heterocycles. The van der Waals surface area contributed by atoms with Crippen molar-refractivity contribution in [3.63, 3.8) is 0 Å². The van der Waals surface area contributed by atoms with Crippen molar-refractivity contribution in [1.82, 2.24) is 14.3 Å². The van der Waals surface area contributed by atoms with Gasteiger partial charge in [-0.05, 0) is 51.1 Å². The Morgan fingerprint density at radius 1 is 1.29 bits per heavy atom. The quantitative estimate of drug-likeness (QED) is 0.747. The molecule has 3 rings (SSSR count). The van der Waals surface area contributed by atoms with Crippen LogP contribution in [0.25, 0.3) is 0 Å². The smallest absolute Gasteiger partial charge is 0.279 e. The Morgan fingerprint density at radius 3 is 2.81 bits per heavy atom. The van der Waals surface area contributed by atoms with Gasteiger partial charge < -0.3 is 10.1 Å². The van der Waals surface area contributed by atoms with Crippen LogP contribution in [-0.2, 0) is 14.9 Å². The third-order valence-corrected chi connectivity index (χ3v) is 6.52. The van der Waals surface area contributed by atoms with E-state index in [1.165, 1.54) is 0 Å². The number of nitrogens with zero attached hydrogens (tertiary/aromatic N) is 1. The van der Waals surface area contributed by atoms with Crippen molar-refractivity contribution < 1.29 is 13.2 Å². The lowest BCUT2D eigenvalue weighted by Crippen LogP contribution is -2.52. The van der Waals surface area contributed by atoms with Gasteiger partial charge in [0.1, 0.15) is 0 Å². The van der Waals surface area contributed by atoms with E-state index in [0.29, 0.717) is 19.0 Å². The van der Waals surface area contributed by atoms with E-state index in [1.807, 2.05) is 0 Å². The molecule has 0 radical (unpaired) electrons. The van der Waals surface area contributed by atoms with Gasteiger partial charge in [-0.25, -0.2) is 0 Å². The minimum Gasteiger partial charge on any atom is -0.373 e. The lowest BCUT2D eigenvalue weighted by molar-refractivity contribution is 0.0993. The normalized spacial score (nSPS) is 37.2. The Bertz CT molecular complexity index is 456. The maximum absolute atomic E-state index is 12.6. The van der Waals surface area contributed by atoms with Gasteiger partial charge in [0.25, 0.3) is 10.2 Å². The van der Waals surface area contributed by atoms with Crippen LogP contribution in [0.3, 0.4) is 0 Å². The largest absolute Gasteiger partial charge is 0.373 e. The highest BCUT2D eigenvalue weighted by Crippen LogP contribution is 2.35. The molecule has 0 aromatic carbocycles. The van der Waals surface area contributed by atoms with E-state index in [9.17, 15) is 8.42 Å². The molecule has 2 bridgehead atoms. The summed E-state index contributed by atoms with van der Waals surface area (Å²) in [6.07, 6.45) is 5.31. The highest BCUT2D eigenvalue weighted by molar-refractivity contribution is 7.87. The van der Waals surface area contributed by atoms with Crippen LogP contribution >= 0.6 is 0 Å². The van der Waals surface area contributed by atoms with Crippen LogP contribution in [0.1, 0.15) is 39.0 Å². The third-order valence-electron chi connectivity index (χ3n) is 4.91. The first-order chi connectivity index (χ1) is 10.1. The fraction of sp³-hybridized carbons (Fsp3) is 1.00. The molecule has 0 spiro atoms. The molecule has 122 valence electrons. The average molecular weight is 317 g/mol. The molecule has 7 heteroatoms. The maximum Gasteiger partial charge on any atom is 0.279 e. The Morgan fingerprint density at radius 2 is 2.14 bits per heavy atom. The van der Waals surface area contributed by atoms with Gasteiger partial charge in [-0.2, -0.15) is 17.4 Å². The second-order valence-electron chi connectivity index (χ2n) is 6.51. The van der Waals surface area contributed by atoms with Crippen molar-refractivity contribution in [2.75, 3.05) is 26.2 Å². The molecule has 0 aliphatic carbocycles. The van der Waals surface area contributed by atoms with Crippen LogP contribution in [0.15, 0.2) is 0 Å². The number of ether oxygens (including phenoxy) is 1. The lowest BCUT2D eigenvalue weighted by Gasteiger charge is -2.33. The number of piperidine rings is 1. The van der Waals surface area contributed by atoms with Gasteiger partial charge in [-0.3, -0.25) is 0 Å². The summed E-state index contributed by atoms with van der Waals surface area (Å²) in [6.45, 7) is 5.18. The Labute approximate surface area is 127 Å². The van der Waals surface area contributed by atoms with Crippen LogP contribution in [-0.4, -0.2) is 57.2 Å². The molecule has 4 unspecified atom stereocenters. The van der Waals surface area contributed by atoms with Crippen molar-refractivity contribution in [2.45, 2.75) is 57.3 Å². The van der Waals surface area contributed by atoms with Gasteiger partial charge >= 0.3 is 0 Å². The number of fused-ring (bicyclic) bond motifs is 2. The highest BCUT2D eigenvalue weighted by Gasteiger charge is 2.43. The summed E-state index contributed by atoms with van der Waals surface area (Å²) in [5.41, 5.74) is 0. The second-order valence-corrected chi connectivity index (χ2v) is 8.22. The van der Waals surface area contributed by atoms with Crippen LogP contribution < -0.4 is 10.0 Å². The van der Waals surface area contributed by atoms with Crippen molar-refractivity contribution in [1.29, 1.82) is 0 Å². The number of rotatable bonds is 6. The fourth-order valence-electron chi connectivity index (χ4n) is 3.79. The van der Waals surface area contributed by atoms with Gasteiger partial charge in [0.05, 0.1) is 18.2 Å². The first-order valence-electron chi connectivity index (χ1n) is 8.22. The summed E-state index contributed by atoms with van der Waals surface area (Å²) in [7, 11) is -3.37. The Hall–Kier alpha value is -0.210. The first kappa shape index (κ1) is 15.7. The molecule has 3 fully saturated rings. The monoisotopic (exact) mass is 317 g/mol. The van der Waals surface area contributed by atoms with E-state index >= 15 is 0 Å². The van der Waals surface area contributed by atoms with Gasteiger partial charge in [-0.1, -0.05) is 6.92 Å². The number of nitrogens with one attached hydrogen (secondary N) is 2. The van der Waals surface area contributed by atoms with Crippen LogP contribution in [0, 0.1) is 5.92 Å². The van der Waals surface area contributed by atoms with Crippen molar-refractivity contribution in [2.24, 2.45) is 5.92 Å². The van der Waals surface area contributed by atoms with E-state index in [2.05, 4.69) is 17.0 Å². The van der Waals surface area contributed by atoms with E-state index in [1.54, 1.807) is 4.31 Å². The van der Waals surface area contributed by atoms with Crippen molar-refractivity contribution in [3.05, 3.63) is 0 Å². The van der Waals surface area contributed by atoms with Gasteiger partial charge in [0, 0.05) is 13.1 Å². The molecular weight excluding hydrogens is 290 g/mol. The van der Waals surface area contributed by atoms with Gasteiger partial charge in [0.15, 0.2) is 0 Å². The number of hydrogen-bond acceptors (Lipinski definition) is 4. The summed E-state index contributed by atoms with van der Waals surface area (Å²) < 4.78 is 35.4. The summed E-state index contributed by atoms with van der Waals surface area (Å²) in [6, 6.07) is -0.0251. The van der Waals surface area contributed by atoms with Crippen molar-refractivity contribution >= 4 is 10.2 Å². The summed E-state index contributed by atoms with van der Waals surface area (Å²) in [5.74, 6) is 0.423. The van der Waals surface area contributed by atoms with Crippen molar-refractivity contribution in [3.8, 4) is 0 Å². The third kappa shape index (κ3) is 3.59. The summed E-state index contributed by atoms with van der Waals surface area (Å²) >= 11 is 0. The molecule has 0 amide bonds. The molecule has 21 heavy (non-hydrogen) atoms. The Kier molecular flexibility index (Phi) is 4.85. The van der Waals surface area contributed by atoms with E-state index in [4.69, 9.17) is 4.74 Å². The molecule has 3 aliphatic rings. The zero-order valence-corrected chi connectivity index (χ0v) is 13.6. The fourth-order valence-corrected chi connectivity index (χ4v) is 5.34. The second kappa shape index (κ2) is 6.50. The van der Waals surface area contributed by atoms with Gasteiger partial charge in [0.2, 0.25) is 0 Å². The molecular formula is C14H27N3O3S. The highest BCUT2D eigenvalue weighted by atomic mass is 32.2. The molecule has 2 N–H and O–H groups in total. The molecule has 4 atom stereocenters. The van der Waals surface area contributed by atoms with Gasteiger partial charge in [-0.15, -0.1) is 0 Å². The lowest BCUT2D eigenvalue weighted by atomic mass is 9.96. The SMILES string of the molecule is CCNCC1CCCN(S(=O)(=O)NC2CC3CCC2O3)C1. The molecule has 0 aromatic rings. The molecule has 0 aromatic heterocycles. The summed E-state index contributed by atoms with van der Waals surface area (Å²) in [5, 5.41) is 3.32. The minimum absolute atomic E-state index is 0.0251. The first-order valence-corrected chi connectivity index (χ1v) is 9.66. The predicted molar refractivity (Wildman–Crippen MR) is 81.2 cm³/mol. The van der Waals surface area contributed by atoms with Crippen LogP contribution in [0.2, 0.25) is 0 Å². The van der Waals surface area contributed by atoms with E-state index in [0.717, 1.165) is 45.2 Å². The summed E-state index contributed by atoms with van der Waals surface area (Å²) in [4.78, 5) is 0. The van der Waals surface area contributed by atoms with Crippen LogP contribution in [0.5, 0.6) is 0 Å². The molecule has 0 saturated carbocycles.